The van der Waals surface area contributed by atoms with Gasteiger partial charge in [0, 0.05) is 33.2 Å². The van der Waals surface area contributed by atoms with Crippen LogP contribution in [-0.2, 0) is 0 Å². The lowest BCUT2D eigenvalue weighted by atomic mass is 9.83. The molecule has 0 aliphatic carbocycles. The molecule has 2 nitrogen and oxygen atoms in total. The SMILES string of the molecule is Cc1ccc2c(-c3ccc(N(c4ccccc4)c4ccc(-n5c6ccccc6c6ccccc65)cc4)c4ccccc34)c3ccccc3c(-c3ccc4ccccc4c3)c2c1. The van der Waals surface area contributed by atoms with Crippen molar-refractivity contribution in [3.05, 3.63) is 230 Å². The van der Waals surface area contributed by atoms with Crippen LogP contribution >= 0.6 is 0 Å². The third-order valence-electron chi connectivity index (χ3n) is 12.6. The zero-order valence-corrected chi connectivity index (χ0v) is 33.8. The van der Waals surface area contributed by atoms with Crippen molar-refractivity contribution in [2.24, 2.45) is 0 Å². The molecule has 0 N–H and O–H groups in total. The van der Waals surface area contributed by atoms with Gasteiger partial charge in [-0.3, -0.25) is 0 Å². The van der Waals surface area contributed by atoms with Crippen LogP contribution in [0.25, 0.3) is 92.8 Å². The van der Waals surface area contributed by atoms with E-state index in [0.29, 0.717) is 0 Å². The number of aromatic nitrogens is 1. The minimum Gasteiger partial charge on any atom is -0.310 e. The molecule has 0 saturated carbocycles. The Hall–Kier alpha value is -7.94. The number of rotatable bonds is 6. The molecule has 1 heterocycles. The second-order valence-corrected chi connectivity index (χ2v) is 16.1. The number of fused-ring (bicyclic) bond motifs is 7. The fraction of sp³-hybridized carbons (Fsp3) is 0.0169. The van der Waals surface area contributed by atoms with E-state index in [2.05, 4.69) is 241 Å². The van der Waals surface area contributed by atoms with E-state index in [1.165, 1.54) is 92.7 Å². The molecule has 0 amide bonds. The summed E-state index contributed by atoms with van der Waals surface area (Å²) in [5.41, 5.74) is 13.1. The summed E-state index contributed by atoms with van der Waals surface area (Å²) in [5.74, 6) is 0. The maximum Gasteiger partial charge on any atom is 0.0541 e. The summed E-state index contributed by atoms with van der Waals surface area (Å²) < 4.78 is 2.38. The largest absolute Gasteiger partial charge is 0.310 e. The van der Waals surface area contributed by atoms with Gasteiger partial charge in [-0.15, -0.1) is 0 Å². The number of anilines is 3. The number of hydrogen-bond acceptors (Lipinski definition) is 1. The molecule has 2 heteroatoms. The number of nitrogens with zero attached hydrogens (tertiary/aromatic N) is 2. The Morgan fingerprint density at radius 2 is 0.902 bits per heavy atom. The third kappa shape index (κ3) is 5.64. The van der Waals surface area contributed by atoms with Crippen LogP contribution in [0, 0.1) is 6.92 Å². The molecule has 0 atom stereocenters. The molecule has 0 aliphatic heterocycles. The molecule has 0 unspecified atom stereocenters. The summed E-state index contributed by atoms with van der Waals surface area (Å²) in [7, 11) is 0. The summed E-state index contributed by atoms with van der Waals surface area (Å²) in [6.45, 7) is 2.20. The number of aryl methyl sites for hydroxylation is 1. The minimum atomic E-state index is 1.10. The molecule has 12 rings (SSSR count). The van der Waals surface area contributed by atoms with Crippen molar-refractivity contribution in [2.45, 2.75) is 6.92 Å². The van der Waals surface area contributed by atoms with Crippen molar-refractivity contribution in [1.82, 2.24) is 4.57 Å². The number of hydrogen-bond donors (Lipinski definition) is 0. The van der Waals surface area contributed by atoms with Crippen molar-refractivity contribution >= 4 is 82.0 Å². The van der Waals surface area contributed by atoms with Gasteiger partial charge in [0.25, 0.3) is 0 Å². The molecule has 61 heavy (non-hydrogen) atoms. The molecule has 11 aromatic carbocycles. The van der Waals surface area contributed by atoms with Crippen LogP contribution < -0.4 is 4.90 Å². The first-order valence-corrected chi connectivity index (χ1v) is 21.1. The van der Waals surface area contributed by atoms with Gasteiger partial charge in [-0.05, 0) is 128 Å². The van der Waals surface area contributed by atoms with Crippen LogP contribution in [0.3, 0.4) is 0 Å². The molecule has 0 aliphatic rings. The Morgan fingerprint density at radius 1 is 0.344 bits per heavy atom. The fourth-order valence-corrected chi connectivity index (χ4v) is 9.89. The Morgan fingerprint density at radius 3 is 1.62 bits per heavy atom. The zero-order valence-electron chi connectivity index (χ0n) is 33.8. The van der Waals surface area contributed by atoms with Crippen molar-refractivity contribution in [2.75, 3.05) is 4.90 Å². The van der Waals surface area contributed by atoms with E-state index in [1.807, 2.05) is 0 Å². The van der Waals surface area contributed by atoms with Gasteiger partial charge in [-0.1, -0.05) is 169 Å². The van der Waals surface area contributed by atoms with Gasteiger partial charge in [-0.2, -0.15) is 0 Å². The Balaban J connectivity index is 1.06. The van der Waals surface area contributed by atoms with Gasteiger partial charge in [0.15, 0.2) is 0 Å². The molecule has 1 aromatic heterocycles. The molecule has 12 aromatic rings. The molecule has 0 spiro atoms. The van der Waals surface area contributed by atoms with Crippen molar-refractivity contribution in [1.29, 1.82) is 0 Å². The monoisotopic (exact) mass is 776 g/mol. The van der Waals surface area contributed by atoms with Gasteiger partial charge in [0.2, 0.25) is 0 Å². The van der Waals surface area contributed by atoms with Crippen LogP contribution in [0.4, 0.5) is 17.1 Å². The van der Waals surface area contributed by atoms with Crippen LogP contribution in [-0.4, -0.2) is 4.57 Å². The van der Waals surface area contributed by atoms with Crippen molar-refractivity contribution in [3.8, 4) is 27.9 Å². The second kappa shape index (κ2) is 14.1. The Bertz CT molecular complexity index is 3600. The zero-order chi connectivity index (χ0) is 40.4. The van der Waals surface area contributed by atoms with Gasteiger partial charge in [-0.25, -0.2) is 0 Å². The maximum atomic E-state index is 2.41. The van der Waals surface area contributed by atoms with E-state index in [0.717, 1.165) is 22.7 Å². The highest BCUT2D eigenvalue weighted by molar-refractivity contribution is 6.24. The lowest BCUT2D eigenvalue weighted by Gasteiger charge is -2.28. The number of para-hydroxylation sites is 3. The van der Waals surface area contributed by atoms with E-state index >= 15 is 0 Å². The molecule has 0 saturated heterocycles. The first-order chi connectivity index (χ1) is 30.2. The summed E-state index contributed by atoms with van der Waals surface area (Å²) in [6.07, 6.45) is 0. The maximum absolute atomic E-state index is 2.41. The molecule has 0 fully saturated rings. The van der Waals surface area contributed by atoms with Crippen LogP contribution in [0.2, 0.25) is 0 Å². The smallest absolute Gasteiger partial charge is 0.0541 e. The summed E-state index contributed by atoms with van der Waals surface area (Å²) in [6, 6.07) is 82.4. The summed E-state index contributed by atoms with van der Waals surface area (Å²) in [4.78, 5) is 2.41. The summed E-state index contributed by atoms with van der Waals surface area (Å²) in [5, 5.41) is 12.5. The van der Waals surface area contributed by atoms with E-state index in [9.17, 15) is 0 Å². The molecule has 0 bridgehead atoms. The van der Waals surface area contributed by atoms with Gasteiger partial charge >= 0.3 is 0 Å². The van der Waals surface area contributed by atoms with E-state index in [4.69, 9.17) is 0 Å². The lowest BCUT2D eigenvalue weighted by Crippen LogP contribution is -2.10. The van der Waals surface area contributed by atoms with Gasteiger partial charge in [0.05, 0.1) is 16.7 Å². The Kier molecular flexibility index (Phi) is 8.11. The van der Waals surface area contributed by atoms with Crippen LogP contribution in [0.5, 0.6) is 0 Å². The molecular formula is C59H40N2. The van der Waals surface area contributed by atoms with E-state index in [1.54, 1.807) is 0 Å². The average molecular weight is 777 g/mol. The van der Waals surface area contributed by atoms with E-state index < -0.39 is 0 Å². The van der Waals surface area contributed by atoms with E-state index in [-0.39, 0.29) is 0 Å². The highest BCUT2D eigenvalue weighted by Gasteiger charge is 2.22. The average Bonchev–Trinajstić information content (AvgIpc) is 3.66. The van der Waals surface area contributed by atoms with Crippen LogP contribution in [0.1, 0.15) is 5.56 Å². The lowest BCUT2D eigenvalue weighted by molar-refractivity contribution is 1.17. The number of benzene rings is 11. The second-order valence-electron chi connectivity index (χ2n) is 16.1. The predicted molar refractivity (Wildman–Crippen MR) is 261 cm³/mol. The van der Waals surface area contributed by atoms with Crippen LogP contribution in [0.15, 0.2) is 224 Å². The predicted octanol–water partition coefficient (Wildman–Crippen LogP) is 16.5. The molecule has 0 radical (unpaired) electrons. The normalized spacial score (nSPS) is 11.7. The quantitative estimate of drug-likeness (QED) is 0.153. The minimum absolute atomic E-state index is 1.10. The highest BCUT2D eigenvalue weighted by Crippen LogP contribution is 2.48. The third-order valence-corrected chi connectivity index (χ3v) is 12.6. The molecular weight excluding hydrogens is 737 g/mol. The summed E-state index contributed by atoms with van der Waals surface area (Å²) >= 11 is 0. The van der Waals surface area contributed by atoms with Crippen molar-refractivity contribution in [3.63, 3.8) is 0 Å². The van der Waals surface area contributed by atoms with Gasteiger partial charge < -0.3 is 9.47 Å². The Labute approximate surface area is 354 Å². The highest BCUT2D eigenvalue weighted by atomic mass is 15.1. The topological polar surface area (TPSA) is 8.17 Å². The first kappa shape index (κ1) is 35.0. The fourth-order valence-electron chi connectivity index (χ4n) is 9.89. The molecule has 286 valence electrons. The van der Waals surface area contributed by atoms with Gasteiger partial charge in [0.1, 0.15) is 0 Å². The first-order valence-electron chi connectivity index (χ1n) is 21.1. The van der Waals surface area contributed by atoms with Crippen molar-refractivity contribution < 1.29 is 0 Å². The standard InChI is InChI=1S/C59H40N2/c1-39-27-34-53-54(37-39)58(42-29-28-40-15-5-6-16-41(40)38-42)50-23-9-10-24-51(50)59(53)52-35-36-57(47-20-8-7-19-46(47)52)60(43-17-3-2-4-18-43)44-30-32-45(33-31-44)61-55-25-13-11-21-48(55)49-22-12-14-26-56(49)61/h2-38H,1H3.